The molecule has 1 amide bonds. The van der Waals surface area contributed by atoms with Crippen LogP contribution in [0.25, 0.3) is 0 Å². The largest absolute Gasteiger partial charge is 0.460 e. The molecule has 0 aromatic rings. The summed E-state index contributed by atoms with van der Waals surface area (Å²) >= 11 is 0. The van der Waals surface area contributed by atoms with Crippen LogP contribution in [0.3, 0.4) is 0 Å². The molecule has 0 saturated carbocycles. The average Bonchev–Trinajstić information content (AvgIpc) is 2.95. The highest BCUT2D eigenvalue weighted by Gasteiger charge is 2.27. The molecular formula is C18H31NO3. The minimum absolute atomic E-state index is 0.0628. The van der Waals surface area contributed by atoms with Gasteiger partial charge in [-0.05, 0) is 19.3 Å². The number of rotatable bonds is 12. The Morgan fingerprint density at radius 3 is 2.45 bits per heavy atom. The third-order valence-corrected chi connectivity index (χ3v) is 3.99. The maximum absolute atomic E-state index is 11.6. The molecule has 0 unspecified atom stereocenters. The Bertz CT molecular complexity index is 352. The highest BCUT2D eigenvalue weighted by Crippen LogP contribution is 2.10. The van der Waals surface area contributed by atoms with Gasteiger partial charge in [0.15, 0.2) is 0 Å². The zero-order valence-corrected chi connectivity index (χ0v) is 13.9. The fourth-order valence-corrected chi connectivity index (χ4v) is 2.60. The van der Waals surface area contributed by atoms with E-state index in [2.05, 4.69) is 18.3 Å². The summed E-state index contributed by atoms with van der Waals surface area (Å²) in [5.74, 6) is -0.380. The molecule has 1 aliphatic heterocycles. The van der Waals surface area contributed by atoms with Gasteiger partial charge in [-0.15, -0.1) is 0 Å². The highest BCUT2D eigenvalue weighted by atomic mass is 16.5. The molecule has 0 bridgehead atoms. The lowest BCUT2D eigenvalue weighted by molar-refractivity contribution is -0.145. The molecule has 1 fully saturated rings. The molecule has 4 nitrogen and oxygen atoms in total. The van der Waals surface area contributed by atoms with E-state index in [1.165, 1.54) is 51.4 Å². The molecule has 0 radical (unpaired) electrons. The quantitative estimate of drug-likeness (QED) is 0.338. The topological polar surface area (TPSA) is 55.4 Å². The fraction of sp³-hybridized carbons (Fsp3) is 0.778. The zero-order valence-electron chi connectivity index (χ0n) is 13.9. The lowest BCUT2D eigenvalue weighted by atomic mass is 10.1. The molecule has 126 valence electrons. The minimum Gasteiger partial charge on any atom is -0.460 e. The Labute approximate surface area is 134 Å². The van der Waals surface area contributed by atoms with E-state index in [-0.39, 0.29) is 11.9 Å². The van der Waals surface area contributed by atoms with Gasteiger partial charge in [0.05, 0.1) is 0 Å². The molecule has 0 aliphatic carbocycles. The van der Waals surface area contributed by atoms with E-state index in [0.29, 0.717) is 19.4 Å². The standard InChI is InChI=1S/C18H31NO3/c1-2-3-4-5-6-7-8-9-10-11-12-15-22-18(21)16-13-14-17(20)19-16/h11-12,16H,2-10,13-15H2,1H3,(H,19,20)/b12-11+/t16-/m0/s1. The van der Waals surface area contributed by atoms with Crippen molar-refractivity contribution >= 4 is 11.9 Å². The smallest absolute Gasteiger partial charge is 0.328 e. The molecule has 0 aromatic carbocycles. The zero-order chi connectivity index (χ0) is 16.0. The van der Waals surface area contributed by atoms with Crippen molar-refractivity contribution in [1.29, 1.82) is 0 Å². The minimum atomic E-state index is -0.436. The number of carbonyl (C=O) groups excluding carboxylic acids is 2. The summed E-state index contributed by atoms with van der Waals surface area (Å²) in [6.07, 6.45) is 16.6. The van der Waals surface area contributed by atoms with Crippen LogP contribution in [-0.2, 0) is 14.3 Å². The van der Waals surface area contributed by atoms with Gasteiger partial charge in [-0.1, -0.05) is 64.0 Å². The van der Waals surface area contributed by atoms with Crippen molar-refractivity contribution in [3.05, 3.63) is 12.2 Å². The number of nitrogens with one attached hydrogen (secondary N) is 1. The number of unbranched alkanes of at least 4 members (excludes halogenated alkanes) is 8. The van der Waals surface area contributed by atoms with Gasteiger partial charge >= 0.3 is 5.97 Å². The second kappa shape index (κ2) is 12.2. The van der Waals surface area contributed by atoms with Crippen molar-refractivity contribution in [2.24, 2.45) is 0 Å². The number of hydrogen-bond donors (Lipinski definition) is 1. The monoisotopic (exact) mass is 309 g/mol. The van der Waals surface area contributed by atoms with E-state index in [1.807, 2.05) is 6.08 Å². The summed E-state index contributed by atoms with van der Waals surface area (Å²) in [6, 6.07) is -0.436. The van der Waals surface area contributed by atoms with Crippen LogP contribution in [0, 0.1) is 0 Å². The first-order valence-corrected chi connectivity index (χ1v) is 8.85. The fourth-order valence-electron chi connectivity index (χ4n) is 2.60. The average molecular weight is 309 g/mol. The summed E-state index contributed by atoms with van der Waals surface area (Å²) in [4.78, 5) is 22.6. The maximum atomic E-state index is 11.6. The van der Waals surface area contributed by atoms with Crippen molar-refractivity contribution < 1.29 is 14.3 Å². The molecule has 0 spiro atoms. The van der Waals surface area contributed by atoms with Crippen LogP contribution < -0.4 is 5.32 Å². The predicted octanol–water partition coefficient (Wildman–Crippen LogP) is 3.90. The second-order valence-electron chi connectivity index (χ2n) is 6.02. The molecule has 22 heavy (non-hydrogen) atoms. The Kier molecular flexibility index (Phi) is 10.4. The first-order chi connectivity index (χ1) is 10.7. The molecule has 1 N–H and O–H groups in total. The van der Waals surface area contributed by atoms with Crippen molar-refractivity contribution in [3.8, 4) is 0 Å². The Balaban J connectivity index is 1.88. The lowest BCUT2D eigenvalue weighted by Gasteiger charge is -2.08. The van der Waals surface area contributed by atoms with E-state index < -0.39 is 6.04 Å². The van der Waals surface area contributed by atoms with Crippen LogP contribution >= 0.6 is 0 Å². The Morgan fingerprint density at radius 1 is 1.14 bits per heavy atom. The number of amides is 1. The molecule has 1 aliphatic rings. The normalized spacial score (nSPS) is 17.9. The Hall–Kier alpha value is -1.32. The van der Waals surface area contributed by atoms with Crippen LogP contribution in [0.2, 0.25) is 0 Å². The second-order valence-corrected chi connectivity index (χ2v) is 6.02. The Morgan fingerprint density at radius 2 is 1.82 bits per heavy atom. The predicted molar refractivity (Wildman–Crippen MR) is 88.5 cm³/mol. The first kappa shape index (κ1) is 18.7. The number of esters is 1. The summed E-state index contributed by atoms with van der Waals surface area (Å²) in [6.45, 7) is 2.55. The number of ether oxygens (including phenoxy) is 1. The van der Waals surface area contributed by atoms with Crippen molar-refractivity contribution in [3.63, 3.8) is 0 Å². The van der Waals surface area contributed by atoms with Gasteiger partial charge in [0.1, 0.15) is 12.6 Å². The summed E-state index contributed by atoms with van der Waals surface area (Å²) < 4.78 is 5.12. The van der Waals surface area contributed by atoms with Gasteiger partial charge in [0.2, 0.25) is 5.91 Å². The lowest BCUT2D eigenvalue weighted by Crippen LogP contribution is -2.34. The van der Waals surface area contributed by atoms with Gasteiger partial charge in [0.25, 0.3) is 0 Å². The van der Waals surface area contributed by atoms with Crippen LogP contribution in [0.4, 0.5) is 0 Å². The van der Waals surface area contributed by atoms with Gasteiger partial charge < -0.3 is 10.1 Å². The van der Waals surface area contributed by atoms with Crippen molar-refractivity contribution in [2.75, 3.05) is 6.61 Å². The van der Waals surface area contributed by atoms with E-state index in [0.717, 1.165) is 6.42 Å². The SMILES string of the molecule is CCCCCCCCCC/C=C/COC(=O)[C@@H]1CCC(=O)N1. The number of carbonyl (C=O) groups is 2. The van der Waals surface area contributed by atoms with Gasteiger partial charge in [-0.25, -0.2) is 4.79 Å². The van der Waals surface area contributed by atoms with Gasteiger partial charge in [-0.3, -0.25) is 4.79 Å². The van der Waals surface area contributed by atoms with Crippen LogP contribution in [-0.4, -0.2) is 24.5 Å². The highest BCUT2D eigenvalue weighted by molar-refractivity contribution is 5.88. The van der Waals surface area contributed by atoms with Crippen LogP contribution in [0.1, 0.15) is 77.6 Å². The molecule has 1 saturated heterocycles. The molecular weight excluding hydrogens is 278 g/mol. The van der Waals surface area contributed by atoms with Crippen molar-refractivity contribution in [1.82, 2.24) is 5.32 Å². The first-order valence-electron chi connectivity index (χ1n) is 8.85. The van der Waals surface area contributed by atoms with E-state index >= 15 is 0 Å². The molecule has 0 aromatic heterocycles. The van der Waals surface area contributed by atoms with Gasteiger partial charge in [0, 0.05) is 6.42 Å². The van der Waals surface area contributed by atoms with Gasteiger partial charge in [-0.2, -0.15) is 0 Å². The van der Waals surface area contributed by atoms with Crippen molar-refractivity contribution in [2.45, 2.75) is 83.6 Å². The number of allylic oxidation sites excluding steroid dienone is 1. The summed E-state index contributed by atoms with van der Waals surface area (Å²) in [5, 5.41) is 2.61. The third-order valence-electron chi connectivity index (χ3n) is 3.99. The molecule has 1 heterocycles. The molecule has 4 heteroatoms. The summed E-state index contributed by atoms with van der Waals surface area (Å²) in [5.41, 5.74) is 0. The molecule has 1 atom stereocenters. The molecule has 1 rings (SSSR count). The van der Waals surface area contributed by atoms with Crippen LogP contribution in [0.5, 0.6) is 0 Å². The van der Waals surface area contributed by atoms with E-state index in [1.54, 1.807) is 0 Å². The maximum Gasteiger partial charge on any atom is 0.328 e. The third kappa shape index (κ3) is 8.85. The van der Waals surface area contributed by atoms with Crippen LogP contribution in [0.15, 0.2) is 12.2 Å². The van der Waals surface area contributed by atoms with E-state index in [4.69, 9.17) is 4.74 Å². The number of hydrogen-bond acceptors (Lipinski definition) is 3. The summed E-state index contributed by atoms with van der Waals surface area (Å²) in [7, 11) is 0. The van der Waals surface area contributed by atoms with E-state index in [9.17, 15) is 9.59 Å².